The third-order valence-corrected chi connectivity index (χ3v) is 2.34. The molecule has 1 heterocycles. The van der Waals surface area contributed by atoms with Crippen LogP contribution in [0.2, 0.25) is 0 Å². The SMILES string of the molecule is COC(=O)C1(O)N=C(c2ccccc2)NC1=O. The molecule has 1 unspecified atom stereocenters. The molecule has 6 heteroatoms. The van der Waals surface area contributed by atoms with Crippen LogP contribution in [-0.4, -0.2) is 35.7 Å². The van der Waals surface area contributed by atoms with Gasteiger partial charge in [-0.25, -0.2) is 9.79 Å². The lowest BCUT2D eigenvalue weighted by Crippen LogP contribution is -2.47. The molecule has 2 N–H and O–H groups in total. The zero-order chi connectivity index (χ0) is 12.5. The highest BCUT2D eigenvalue weighted by Gasteiger charge is 2.50. The van der Waals surface area contributed by atoms with E-state index in [4.69, 9.17) is 0 Å². The molecule has 0 saturated heterocycles. The Labute approximate surface area is 96.9 Å². The average Bonchev–Trinajstić information content (AvgIpc) is 2.67. The van der Waals surface area contributed by atoms with Crippen molar-refractivity contribution in [1.29, 1.82) is 0 Å². The molecule has 1 amide bonds. The predicted octanol–water partition coefficient (Wildman–Crippen LogP) is -0.575. The number of hydrogen-bond donors (Lipinski definition) is 2. The minimum atomic E-state index is -2.49. The minimum absolute atomic E-state index is 0.142. The van der Waals surface area contributed by atoms with Gasteiger partial charge in [0.2, 0.25) is 0 Å². The Morgan fingerprint density at radius 3 is 2.65 bits per heavy atom. The number of nitrogens with zero attached hydrogens (tertiary/aromatic N) is 1. The van der Waals surface area contributed by atoms with Gasteiger partial charge in [0.1, 0.15) is 5.84 Å². The van der Waals surface area contributed by atoms with E-state index < -0.39 is 17.6 Å². The van der Waals surface area contributed by atoms with Gasteiger partial charge >= 0.3 is 11.7 Å². The van der Waals surface area contributed by atoms with Crippen LogP contribution in [0, 0.1) is 0 Å². The first-order valence-corrected chi connectivity index (χ1v) is 4.85. The first-order valence-electron chi connectivity index (χ1n) is 4.85. The molecule has 1 aromatic rings. The van der Waals surface area contributed by atoms with Gasteiger partial charge in [-0.3, -0.25) is 4.79 Å². The summed E-state index contributed by atoms with van der Waals surface area (Å²) in [6.07, 6.45) is 0. The number of aliphatic hydroxyl groups is 1. The van der Waals surface area contributed by atoms with Crippen LogP contribution in [0.3, 0.4) is 0 Å². The molecule has 1 aliphatic heterocycles. The van der Waals surface area contributed by atoms with Gasteiger partial charge in [-0.05, 0) is 0 Å². The predicted molar refractivity (Wildman–Crippen MR) is 58.1 cm³/mol. The van der Waals surface area contributed by atoms with Crippen molar-refractivity contribution >= 4 is 17.7 Å². The molecule has 0 aliphatic carbocycles. The molecule has 17 heavy (non-hydrogen) atoms. The summed E-state index contributed by atoms with van der Waals surface area (Å²) in [6, 6.07) is 8.69. The number of methoxy groups -OCH3 is 1. The average molecular weight is 234 g/mol. The van der Waals surface area contributed by atoms with Crippen LogP contribution in [0.4, 0.5) is 0 Å². The summed E-state index contributed by atoms with van der Waals surface area (Å²) in [5.41, 5.74) is -1.89. The van der Waals surface area contributed by atoms with Crippen LogP contribution in [0.25, 0.3) is 0 Å². The zero-order valence-corrected chi connectivity index (χ0v) is 9.01. The number of carbonyl (C=O) groups is 2. The summed E-state index contributed by atoms with van der Waals surface area (Å²) in [7, 11) is 1.07. The highest BCUT2D eigenvalue weighted by molar-refractivity contribution is 6.21. The van der Waals surface area contributed by atoms with Crippen LogP contribution >= 0.6 is 0 Å². The Balaban J connectivity index is 2.38. The van der Waals surface area contributed by atoms with E-state index in [9.17, 15) is 14.7 Å². The first kappa shape index (κ1) is 11.3. The van der Waals surface area contributed by atoms with Crippen molar-refractivity contribution in [2.24, 2.45) is 4.99 Å². The second kappa shape index (κ2) is 3.99. The molecule has 1 aromatic carbocycles. The number of esters is 1. The van der Waals surface area contributed by atoms with Crippen molar-refractivity contribution in [3.8, 4) is 0 Å². The van der Waals surface area contributed by atoms with Crippen molar-refractivity contribution in [3.05, 3.63) is 35.9 Å². The normalized spacial score (nSPS) is 22.9. The minimum Gasteiger partial charge on any atom is -0.465 e. The van der Waals surface area contributed by atoms with Crippen LogP contribution in [0.15, 0.2) is 35.3 Å². The third kappa shape index (κ3) is 1.78. The lowest BCUT2D eigenvalue weighted by atomic mass is 10.2. The van der Waals surface area contributed by atoms with Crippen molar-refractivity contribution in [2.75, 3.05) is 7.11 Å². The van der Waals surface area contributed by atoms with E-state index in [1.165, 1.54) is 0 Å². The maximum absolute atomic E-state index is 11.5. The smallest absolute Gasteiger partial charge is 0.371 e. The van der Waals surface area contributed by atoms with E-state index in [1.807, 2.05) is 0 Å². The topological polar surface area (TPSA) is 88.0 Å². The van der Waals surface area contributed by atoms with E-state index in [-0.39, 0.29) is 5.84 Å². The van der Waals surface area contributed by atoms with E-state index in [0.29, 0.717) is 5.56 Å². The highest BCUT2D eigenvalue weighted by atomic mass is 16.5. The summed E-state index contributed by atoms with van der Waals surface area (Å²) < 4.78 is 4.33. The fraction of sp³-hybridized carbons (Fsp3) is 0.182. The lowest BCUT2D eigenvalue weighted by molar-refractivity contribution is -0.166. The molecule has 0 radical (unpaired) electrons. The largest absolute Gasteiger partial charge is 0.465 e. The molecule has 0 bridgehead atoms. The number of amides is 1. The number of amidine groups is 1. The number of nitrogens with one attached hydrogen (secondary N) is 1. The molecular formula is C11H10N2O4. The summed E-state index contributed by atoms with van der Waals surface area (Å²) in [5.74, 6) is -1.88. The molecule has 2 rings (SSSR count). The van der Waals surface area contributed by atoms with Gasteiger partial charge in [0.25, 0.3) is 5.91 Å². The lowest BCUT2D eigenvalue weighted by Gasteiger charge is -2.11. The number of aliphatic imine (C=N–C) groups is 1. The van der Waals surface area contributed by atoms with Gasteiger partial charge in [-0.2, -0.15) is 0 Å². The fourth-order valence-electron chi connectivity index (χ4n) is 1.45. The molecular weight excluding hydrogens is 224 g/mol. The fourth-order valence-corrected chi connectivity index (χ4v) is 1.45. The molecule has 6 nitrogen and oxygen atoms in total. The van der Waals surface area contributed by atoms with Crippen molar-refractivity contribution in [2.45, 2.75) is 5.72 Å². The number of hydrogen-bond acceptors (Lipinski definition) is 5. The third-order valence-electron chi connectivity index (χ3n) is 2.34. The second-order valence-electron chi connectivity index (χ2n) is 3.44. The Bertz CT molecular complexity index is 497. The number of ether oxygens (including phenoxy) is 1. The molecule has 0 spiro atoms. The highest BCUT2D eigenvalue weighted by Crippen LogP contribution is 2.17. The quantitative estimate of drug-likeness (QED) is 0.529. The summed E-state index contributed by atoms with van der Waals surface area (Å²) in [4.78, 5) is 26.5. The van der Waals surface area contributed by atoms with Crippen LogP contribution in [0.5, 0.6) is 0 Å². The number of rotatable bonds is 2. The number of carbonyl (C=O) groups excluding carboxylic acids is 2. The Morgan fingerprint density at radius 1 is 1.41 bits per heavy atom. The van der Waals surface area contributed by atoms with Crippen molar-refractivity contribution in [1.82, 2.24) is 5.32 Å². The Kier molecular flexibility index (Phi) is 2.64. The van der Waals surface area contributed by atoms with Crippen molar-refractivity contribution < 1.29 is 19.4 Å². The van der Waals surface area contributed by atoms with Crippen LogP contribution < -0.4 is 5.32 Å². The van der Waals surface area contributed by atoms with Gasteiger partial charge in [0, 0.05) is 5.56 Å². The van der Waals surface area contributed by atoms with Gasteiger partial charge in [-0.15, -0.1) is 0 Å². The standard InChI is InChI=1S/C11H10N2O4/c1-17-10(15)11(16)9(14)12-8(13-11)7-5-3-2-4-6-7/h2-6,16H,1H3,(H,12,13,14). The molecule has 0 aromatic heterocycles. The summed E-state index contributed by atoms with van der Waals surface area (Å²) in [5, 5.41) is 12.1. The van der Waals surface area contributed by atoms with Gasteiger partial charge < -0.3 is 15.2 Å². The zero-order valence-electron chi connectivity index (χ0n) is 9.01. The van der Waals surface area contributed by atoms with Crippen LogP contribution in [-0.2, 0) is 14.3 Å². The molecule has 0 fully saturated rings. The van der Waals surface area contributed by atoms with Crippen LogP contribution in [0.1, 0.15) is 5.56 Å². The van der Waals surface area contributed by atoms with E-state index >= 15 is 0 Å². The maximum atomic E-state index is 11.5. The molecule has 1 aliphatic rings. The summed E-state index contributed by atoms with van der Waals surface area (Å²) in [6.45, 7) is 0. The molecule has 88 valence electrons. The van der Waals surface area contributed by atoms with Gasteiger partial charge in [-0.1, -0.05) is 30.3 Å². The Morgan fingerprint density at radius 2 is 2.06 bits per heavy atom. The van der Waals surface area contributed by atoms with E-state index in [0.717, 1.165) is 7.11 Å². The van der Waals surface area contributed by atoms with E-state index in [2.05, 4.69) is 15.0 Å². The molecule has 0 saturated carbocycles. The van der Waals surface area contributed by atoms with Gasteiger partial charge in [0.05, 0.1) is 7.11 Å². The maximum Gasteiger partial charge on any atom is 0.371 e. The van der Waals surface area contributed by atoms with Crippen molar-refractivity contribution in [3.63, 3.8) is 0 Å². The number of benzene rings is 1. The Hall–Kier alpha value is -2.21. The van der Waals surface area contributed by atoms with Gasteiger partial charge in [0.15, 0.2) is 0 Å². The molecule has 1 atom stereocenters. The van der Waals surface area contributed by atoms with E-state index in [1.54, 1.807) is 30.3 Å². The monoisotopic (exact) mass is 234 g/mol. The first-order chi connectivity index (χ1) is 8.08. The summed E-state index contributed by atoms with van der Waals surface area (Å²) >= 11 is 0. The second-order valence-corrected chi connectivity index (χ2v) is 3.44.